The smallest absolute Gasteiger partial charge is 0.325 e. The zero-order chi connectivity index (χ0) is 19.8. The first-order valence-corrected chi connectivity index (χ1v) is 9.15. The normalized spacial score (nSPS) is 10.5. The van der Waals surface area contributed by atoms with Crippen LogP contribution in [0, 0.1) is 4.77 Å². The fourth-order valence-electron chi connectivity index (χ4n) is 2.50. The molecule has 2 aromatic rings. The number of nitrogens with one attached hydrogen (secondary N) is 1. The molecule has 2 rings (SSSR count). The molecule has 146 valence electrons. The highest BCUT2D eigenvalue weighted by Crippen LogP contribution is 2.21. The molecule has 1 aromatic heterocycles. The predicted octanol–water partition coefficient (Wildman–Crippen LogP) is 2.42. The molecule has 0 fully saturated rings. The molecule has 0 aliphatic carbocycles. The third kappa shape index (κ3) is 5.65. The van der Waals surface area contributed by atoms with Crippen LogP contribution in [0.3, 0.4) is 0 Å². The van der Waals surface area contributed by atoms with E-state index in [-0.39, 0.29) is 25.5 Å². The van der Waals surface area contributed by atoms with Crippen LogP contribution in [-0.4, -0.2) is 58.3 Å². The molecule has 0 aliphatic rings. The molecule has 1 N–H and O–H groups in total. The minimum atomic E-state index is -0.427. The summed E-state index contributed by atoms with van der Waals surface area (Å²) in [6.07, 6.45) is 0.188. The molecule has 0 atom stereocenters. The Hall–Kier alpha value is -2.68. The Morgan fingerprint density at radius 3 is 2.56 bits per heavy atom. The van der Waals surface area contributed by atoms with Crippen LogP contribution in [0.2, 0.25) is 0 Å². The lowest BCUT2D eigenvalue weighted by Crippen LogP contribution is -2.33. The van der Waals surface area contributed by atoms with Crippen LogP contribution in [0.5, 0.6) is 5.75 Å². The lowest BCUT2D eigenvalue weighted by atomic mass is 10.2. The maximum Gasteiger partial charge on any atom is 0.325 e. The molecular formula is C18H24N4O4S. The van der Waals surface area contributed by atoms with Crippen molar-refractivity contribution in [1.82, 2.24) is 19.7 Å². The number of hydrogen-bond donors (Lipinski definition) is 1. The van der Waals surface area contributed by atoms with Gasteiger partial charge in [0.2, 0.25) is 5.91 Å². The van der Waals surface area contributed by atoms with E-state index in [0.717, 1.165) is 11.3 Å². The maximum atomic E-state index is 12.3. The molecule has 1 amide bonds. The number of carbonyl (C=O) groups is 2. The van der Waals surface area contributed by atoms with Crippen molar-refractivity contribution in [3.63, 3.8) is 0 Å². The van der Waals surface area contributed by atoms with Gasteiger partial charge in [0.15, 0.2) is 10.6 Å². The molecule has 0 radical (unpaired) electrons. The molecule has 0 aliphatic heterocycles. The molecule has 0 saturated heterocycles. The molecule has 27 heavy (non-hydrogen) atoms. The Bertz CT molecular complexity index is 829. The standard InChI is InChI=1S/C18H24N4O4S/c1-4-25-14-8-6-13(7-9-14)17-19-20-18(27)22(17)11-10-15(23)21(3)12-16(24)26-5-2/h6-9H,4-5,10-12H2,1-3H3,(H,20,27). The van der Waals surface area contributed by atoms with Crippen molar-refractivity contribution in [3.8, 4) is 17.1 Å². The Balaban J connectivity index is 2.05. The van der Waals surface area contributed by atoms with Gasteiger partial charge in [0.05, 0.1) is 13.2 Å². The minimum Gasteiger partial charge on any atom is -0.494 e. The van der Waals surface area contributed by atoms with Crippen molar-refractivity contribution in [2.24, 2.45) is 0 Å². The van der Waals surface area contributed by atoms with Crippen molar-refractivity contribution in [1.29, 1.82) is 0 Å². The van der Waals surface area contributed by atoms with Gasteiger partial charge in [-0.3, -0.25) is 19.3 Å². The van der Waals surface area contributed by atoms with Gasteiger partial charge in [-0.1, -0.05) is 0 Å². The maximum absolute atomic E-state index is 12.3. The third-order valence-corrected chi connectivity index (χ3v) is 4.14. The number of ether oxygens (including phenoxy) is 2. The Morgan fingerprint density at radius 2 is 1.93 bits per heavy atom. The highest BCUT2D eigenvalue weighted by Gasteiger charge is 2.15. The number of esters is 1. The fourth-order valence-corrected chi connectivity index (χ4v) is 2.72. The van der Waals surface area contributed by atoms with E-state index in [0.29, 0.717) is 23.7 Å². The second-order valence-electron chi connectivity index (χ2n) is 5.77. The molecular weight excluding hydrogens is 368 g/mol. The van der Waals surface area contributed by atoms with Gasteiger partial charge in [0, 0.05) is 25.6 Å². The largest absolute Gasteiger partial charge is 0.494 e. The van der Waals surface area contributed by atoms with Crippen molar-refractivity contribution >= 4 is 24.1 Å². The number of likely N-dealkylation sites (N-methyl/N-ethyl adjacent to an activating group) is 1. The number of H-pyrrole nitrogens is 1. The average molecular weight is 392 g/mol. The summed E-state index contributed by atoms with van der Waals surface area (Å²) in [6, 6.07) is 7.50. The van der Waals surface area contributed by atoms with E-state index in [1.54, 1.807) is 18.5 Å². The lowest BCUT2D eigenvalue weighted by Gasteiger charge is -2.16. The zero-order valence-electron chi connectivity index (χ0n) is 15.7. The number of aromatic nitrogens is 3. The summed E-state index contributed by atoms with van der Waals surface area (Å²) in [7, 11) is 1.57. The topological polar surface area (TPSA) is 89.4 Å². The van der Waals surface area contributed by atoms with Gasteiger partial charge in [-0.2, -0.15) is 5.10 Å². The van der Waals surface area contributed by atoms with Crippen molar-refractivity contribution < 1.29 is 19.1 Å². The Morgan fingerprint density at radius 1 is 1.22 bits per heavy atom. The Kier molecular flexibility index (Phi) is 7.54. The summed E-state index contributed by atoms with van der Waals surface area (Å²) in [5, 5.41) is 7.03. The molecule has 8 nitrogen and oxygen atoms in total. The van der Waals surface area contributed by atoms with Gasteiger partial charge in [-0.25, -0.2) is 0 Å². The number of aromatic amines is 1. The van der Waals surface area contributed by atoms with Crippen LogP contribution in [0.15, 0.2) is 24.3 Å². The number of benzene rings is 1. The molecule has 1 heterocycles. The monoisotopic (exact) mass is 392 g/mol. The minimum absolute atomic E-state index is 0.0742. The molecule has 0 spiro atoms. The van der Waals surface area contributed by atoms with Crippen molar-refractivity contribution in [2.45, 2.75) is 26.8 Å². The number of rotatable bonds is 9. The van der Waals surface area contributed by atoms with Crippen LogP contribution in [0.4, 0.5) is 0 Å². The number of hydrogen-bond acceptors (Lipinski definition) is 6. The summed E-state index contributed by atoms with van der Waals surface area (Å²) in [5.41, 5.74) is 0.859. The van der Waals surface area contributed by atoms with E-state index >= 15 is 0 Å². The SMILES string of the molecule is CCOC(=O)CN(C)C(=O)CCn1c(-c2ccc(OCC)cc2)n[nH]c1=S. The van der Waals surface area contributed by atoms with Crippen LogP contribution in [0.25, 0.3) is 11.4 Å². The van der Waals surface area contributed by atoms with E-state index in [2.05, 4.69) is 10.2 Å². The van der Waals surface area contributed by atoms with Crippen molar-refractivity contribution in [2.75, 3.05) is 26.8 Å². The molecule has 9 heteroatoms. The first-order valence-electron chi connectivity index (χ1n) is 8.74. The molecule has 0 unspecified atom stereocenters. The predicted molar refractivity (Wildman–Crippen MR) is 103 cm³/mol. The van der Waals surface area contributed by atoms with Gasteiger partial charge < -0.3 is 14.4 Å². The van der Waals surface area contributed by atoms with E-state index in [9.17, 15) is 9.59 Å². The van der Waals surface area contributed by atoms with E-state index in [1.807, 2.05) is 31.2 Å². The van der Waals surface area contributed by atoms with Crippen molar-refractivity contribution in [3.05, 3.63) is 29.0 Å². The van der Waals surface area contributed by atoms with Gasteiger partial charge in [0.1, 0.15) is 12.3 Å². The highest BCUT2D eigenvalue weighted by molar-refractivity contribution is 7.71. The van der Waals surface area contributed by atoms with Crippen LogP contribution in [-0.2, 0) is 20.9 Å². The quantitative estimate of drug-likeness (QED) is 0.521. The summed E-state index contributed by atoms with van der Waals surface area (Å²) < 4.78 is 12.5. The second kappa shape index (κ2) is 9.86. The summed E-state index contributed by atoms with van der Waals surface area (Å²) in [6.45, 7) is 4.81. The third-order valence-electron chi connectivity index (χ3n) is 3.83. The fraction of sp³-hybridized carbons (Fsp3) is 0.444. The van der Waals surface area contributed by atoms with Crippen LogP contribution < -0.4 is 4.74 Å². The van der Waals surface area contributed by atoms with E-state index in [1.165, 1.54) is 4.90 Å². The first kappa shape index (κ1) is 20.6. The zero-order valence-corrected chi connectivity index (χ0v) is 16.5. The molecule has 0 bridgehead atoms. The lowest BCUT2D eigenvalue weighted by molar-refractivity contribution is -0.148. The highest BCUT2D eigenvalue weighted by atomic mass is 32.1. The summed E-state index contributed by atoms with van der Waals surface area (Å²) in [5.74, 6) is 0.814. The van der Waals surface area contributed by atoms with Gasteiger partial charge >= 0.3 is 5.97 Å². The summed E-state index contributed by atoms with van der Waals surface area (Å²) in [4.78, 5) is 25.1. The molecule has 0 saturated carbocycles. The number of nitrogens with zero attached hydrogens (tertiary/aromatic N) is 3. The van der Waals surface area contributed by atoms with Gasteiger partial charge in [0.25, 0.3) is 0 Å². The van der Waals surface area contributed by atoms with E-state index < -0.39 is 5.97 Å². The Labute approximate surface area is 163 Å². The van der Waals surface area contributed by atoms with E-state index in [4.69, 9.17) is 21.7 Å². The first-order chi connectivity index (χ1) is 13.0. The van der Waals surface area contributed by atoms with Crippen LogP contribution >= 0.6 is 12.2 Å². The summed E-state index contributed by atoms with van der Waals surface area (Å²) >= 11 is 5.28. The number of carbonyl (C=O) groups excluding carboxylic acids is 2. The average Bonchev–Trinajstić information content (AvgIpc) is 3.01. The van der Waals surface area contributed by atoms with Gasteiger partial charge in [-0.15, -0.1) is 0 Å². The number of amides is 1. The van der Waals surface area contributed by atoms with Gasteiger partial charge in [-0.05, 0) is 50.3 Å². The molecule has 1 aromatic carbocycles. The van der Waals surface area contributed by atoms with Crippen LogP contribution in [0.1, 0.15) is 20.3 Å². The second-order valence-corrected chi connectivity index (χ2v) is 6.15.